The molecule has 104 valence electrons. The standard InChI is InChI=1S/C16H18N2O2/c1-10-9-13(5-8-15(10)19)16(20)18-11(2)12-3-6-14(17)7-4-12/h3-9,11,19H,17H2,1-2H3,(H,18,20). The van der Waals surface area contributed by atoms with E-state index < -0.39 is 0 Å². The average molecular weight is 270 g/mol. The molecule has 0 saturated carbocycles. The number of carbonyl (C=O) groups is 1. The molecule has 0 aliphatic rings. The highest BCUT2D eigenvalue weighted by Crippen LogP contribution is 2.18. The van der Waals surface area contributed by atoms with Crippen LogP contribution in [0.5, 0.6) is 5.75 Å². The van der Waals surface area contributed by atoms with Crippen molar-refractivity contribution in [3.63, 3.8) is 0 Å². The number of amides is 1. The number of anilines is 1. The molecule has 1 atom stereocenters. The number of hydrogen-bond acceptors (Lipinski definition) is 3. The SMILES string of the molecule is Cc1cc(C(=O)NC(C)c2ccc(N)cc2)ccc1O. The molecule has 0 bridgehead atoms. The molecule has 4 heteroatoms. The van der Waals surface area contributed by atoms with Crippen molar-refractivity contribution in [2.75, 3.05) is 5.73 Å². The maximum Gasteiger partial charge on any atom is 0.251 e. The number of benzene rings is 2. The lowest BCUT2D eigenvalue weighted by Gasteiger charge is -2.15. The van der Waals surface area contributed by atoms with Crippen molar-refractivity contribution in [1.29, 1.82) is 0 Å². The minimum absolute atomic E-state index is 0.114. The highest BCUT2D eigenvalue weighted by Gasteiger charge is 2.12. The number of phenols is 1. The smallest absolute Gasteiger partial charge is 0.251 e. The van der Waals surface area contributed by atoms with Gasteiger partial charge in [0.25, 0.3) is 5.91 Å². The first-order valence-corrected chi connectivity index (χ1v) is 6.43. The van der Waals surface area contributed by atoms with Gasteiger partial charge in [-0.1, -0.05) is 12.1 Å². The minimum atomic E-state index is -0.169. The molecule has 4 nitrogen and oxygen atoms in total. The van der Waals surface area contributed by atoms with E-state index in [1.54, 1.807) is 19.1 Å². The number of hydrogen-bond donors (Lipinski definition) is 3. The zero-order valence-corrected chi connectivity index (χ0v) is 11.6. The van der Waals surface area contributed by atoms with Crippen molar-refractivity contribution < 1.29 is 9.90 Å². The van der Waals surface area contributed by atoms with E-state index >= 15 is 0 Å². The van der Waals surface area contributed by atoms with E-state index in [4.69, 9.17) is 5.73 Å². The first-order chi connectivity index (χ1) is 9.47. The predicted molar refractivity (Wildman–Crippen MR) is 79.6 cm³/mol. The first-order valence-electron chi connectivity index (χ1n) is 6.43. The molecule has 2 aromatic rings. The maximum absolute atomic E-state index is 12.1. The second kappa shape index (κ2) is 5.65. The number of carbonyl (C=O) groups excluding carboxylic acids is 1. The Labute approximate surface area is 118 Å². The quantitative estimate of drug-likeness (QED) is 0.751. The summed E-state index contributed by atoms with van der Waals surface area (Å²) < 4.78 is 0. The van der Waals surface area contributed by atoms with Crippen LogP contribution in [0.3, 0.4) is 0 Å². The summed E-state index contributed by atoms with van der Waals surface area (Å²) >= 11 is 0. The topological polar surface area (TPSA) is 75.4 Å². The van der Waals surface area contributed by atoms with Gasteiger partial charge in [-0.2, -0.15) is 0 Å². The summed E-state index contributed by atoms with van der Waals surface area (Å²) in [5.41, 5.74) is 8.53. The Kier molecular flexibility index (Phi) is 3.94. The molecule has 0 aliphatic carbocycles. The van der Waals surface area contributed by atoms with E-state index in [0.29, 0.717) is 16.8 Å². The number of phenolic OH excluding ortho intramolecular Hbond substituents is 1. The van der Waals surface area contributed by atoms with Crippen LogP contribution in [0.4, 0.5) is 5.69 Å². The van der Waals surface area contributed by atoms with Crippen LogP contribution in [0, 0.1) is 6.92 Å². The average Bonchev–Trinajstić information content (AvgIpc) is 2.42. The molecule has 0 spiro atoms. The fraction of sp³-hybridized carbons (Fsp3) is 0.188. The Balaban J connectivity index is 2.10. The van der Waals surface area contributed by atoms with Crippen LogP contribution in [0.2, 0.25) is 0 Å². The number of nitrogen functional groups attached to an aromatic ring is 1. The predicted octanol–water partition coefficient (Wildman–Crippen LogP) is 2.77. The lowest BCUT2D eigenvalue weighted by molar-refractivity contribution is 0.0940. The highest BCUT2D eigenvalue weighted by molar-refractivity contribution is 5.94. The van der Waals surface area contributed by atoms with E-state index in [0.717, 1.165) is 5.56 Å². The summed E-state index contributed by atoms with van der Waals surface area (Å²) in [6.07, 6.45) is 0. The van der Waals surface area contributed by atoms with Crippen molar-refractivity contribution in [2.24, 2.45) is 0 Å². The number of nitrogens with two attached hydrogens (primary N) is 1. The number of aromatic hydroxyl groups is 1. The highest BCUT2D eigenvalue weighted by atomic mass is 16.3. The maximum atomic E-state index is 12.1. The molecule has 0 heterocycles. The summed E-state index contributed by atoms with van der Waals surface area (Å²) in [6.45, 7) is 3.67. The summed E-state index contributed by atoms with van der Waals surface area (Å²) in [5.74, 6) is 0.0190. The molecule has 0 radical (unpaired) electrons. The number of rotatable bonds is 3. The second-order valence-corrected chi connectivity index (χ2v) is 4.86. The number of nitrogens with one attached hydrogen (secondary N) is 1. The summed E-state index contributed by atoms with van der Waals surface area (Å²) in [6, 6.07) is 12.1. The van der Waals surface area contributed by atoms with Crippen LogP contribution in [0.15, 0.2) is 42.5 Å². The van der Waals surface area contributed by atoms with E-state index in [2.05, 4.69) is 5.32 Å². The van der Waals surface area contributed by atoms with Crippen molar-refractivity contribution in [3.05, 3.63) is 59.2 Å². The third-order valence-electron chi connectivity index (χ3n) is 3.24. The van der Waals surface area contributed by atoms with Crippen LogP contribution in [-0.2, 0) is 0 Å². The van der Waals surface area contributed by atoms with Gasteiger partial charge in [-0.15, -0.1) is 0 Å². The largest absolute Gasteiger partial charge is 0.508 e. The van der Waals surface area contributed by atoms with E-state index in [-0.39, 0.29) is 17.7 Å². The fourth-order valence-corrected chi connectivity index (χ4v) is 1.94. The van der Waals surface area contributed by atoms with Crippen molar-refractivity contribution in [2.45, 2.75) is 19.9 Å². The lowest BCUT2D eigenvalue weighted by Crippen LogP contribution is -2.26. The third kappa shape index (κ3) is 3.09. The number of aryl methyl sites for hydroxylation is 1. The van der Waals surface area contributed by atoms with Crippen LogP contribution in [0.25, 0.3) is 0 Å². The second-order valence-electron chi connectivity index (χ2n) is 4.86. The van der Waals surface area contributed by atoms with Crippen LogP contribution >= 0.6 is 0 Å². The Hall–Kier alpha value is -2.49. The van der Waals surface area contributed by atoms with Gasteiger partial charge in [-0.05, 0) is 55.3 Å². The lowest BCUT2D eigenvalue weighted by atomic mass is 10.1. The molecule has 1 amide bonds. The van der Waals surface area contributed by atoms with E-state index in [9.17, 15) is 9.90 Å². The Bertz CT molecular complexity index is 621. The monoisotopic (exact) mass is 270 g/mol. The Morgan fingerprint density at radius 3 is 2.45 bits per heavy atom. The normalized spacial score (nSPS) is 11.9. The van der Waals surface area contributed by atoms with Gasteiger partial charge >= 0.3 is 0 Å². The molecule has 2 aromatic carbocycles. The zero-order chi connectivity index (χ0) is 14.7. The van der Waals surface area contributed by atoms with Gasteiger partial charge in [0.15, 0.2) is 0 Å². The van der Waals surface area contributed by atoms with Crippen LogP contribution < -0.4 is 11.1 Å². The Morgan fingerprint density at radius 2 is 1.85 bits per heavy atom. The van der Waals surface area contributed by atoms with E-state index in [1.165, 1.54) is 6.07 Å². The first kappa shape index (κ1) is 13.9. The molecule has 0 saturated heterocycles. The van der Waals surface area contributed by atoms with Gasteiger partial charge in [0.05, 0.1) is 6.04 Å². The Morgan fingerprint density at radius 1 is 1.20 bits per heavy atom. The van der Waals surface area contributed by atoms with Gasteiger partial charge in [0.2, 0.25) is 0 Å². The molecule has 1 unspecified atom stereocenters. The summed E-state index contributed by atoms with van der Waals surface area (Å²) in [5, 5.41) is 12.4. The van der Waals surface area contributed by atoms with Gasteiger partial charge in [-0.25, -0.2) is 0 Å². The molecular weight excluding hydrogens is 252 g/mol. The van der Waals surface area contributed by atoms with E-state index in [1.807, 2.05) is 31.2 Å². The molecule has 0 aromatic heterocycles. The van der Waals surface area contributed by atoms with Crippen molar-refractivity contribution in [1.82, 2.24) is 5.32 Å². The minimum Gasteiger partial charge on any atom is -0.508 e. The molecule has 4 N–H and O–H groups in total. The molecule has 20 heavy (non-hydrogen) atoms. The fourth-order valence-electron chi connectivity index (χ4n) is 1.94. The molecule has 0 aliphatic heterocycles. The van der Waals surface area contributed by atoms with Gasteiger partial charge in [-0.3, -0.25) is 4.79 Å². The van der Waals surface area contributed by atoms with Crippen molar-refractivity contribution >= 4 is 11.6 Å². The summed E-state index contributed by atoms with van der Waals surface area (Å²) in [7, 11) is 0. The van der Waals surface area contributed by atoms with Crippen LogP contribution in [0.1, 0.15) is 34.5 Å². The third-order valence-corrected chi connectivity index (χ3v) is 3.24. The summed E-state index contributed by atoms with van der Waals surface area (Å²) in [4.78, 5) is 12.1. The van der Waals surface area contributed by atoms with Gasteiger partial charge in [0.1, 0.15) is 5.75 Å². The van der Waals surface area contributed by atoms with Crippen LogP contribution in [-0.4, -0.2) is 11.0 Å². The van der Waals surface area contributed by atoms with Crippen molar-refractivity contribution in [3.8, 4) is 5.75 Å². The zero-order valence-electron chi connectivity index (χ0n) is 11.6. The molecule has 0 fully saturated rings. The molecule has 2 rings (SSSR count). The van der Waals surface area contributed by atoms with Gasteiger partial charge < -0.3 is 16.2 Å². The van der Waals surface area contributed by atoms with Gasteiger partial charge in [0, 0.05) is 11.3 Å². The molecular formula is C16H18N2O2.